The first kappa shape index (κ1) is 15.7. The van der Waals surface area contributed by atoms with Crippen LogP contribution in [0.3, 0.4) is 0 Å². The number of carboxylic acids is 1. The number of carbonyl (C=O) groups is 2. The molecule has 1 aromatic heterocycles. The van der Waals surface area contributed by atoms with E-state index < -0.39 is 5.97 Å². The SMILES string of the molecule is O=C(CSc1cc(Br)ccc1C(=O)O)NCc1ccco1. The highest BCUT2D eigenvalue weighted by molar-refractivity contribution is 9.10. The second-order valence-electron chi connectivity index (χ2n) is 4.09. The molecule has 0 saturated heterocycles. The molecule has 2 rings (SSSR count). The summed E-state index contributed by atoms with van der Waals surface area (Å²) in [6, 6.07) is 8.37. The van der Waals surface area contributed by atoms with Crippen molar-refractivity contribution in [3.63, 3.8) is 0 Å². The Morgan fingerprint density at radius 1 is 1.33 bits per heavy atom. The molecule has 0 saturated carbocycles. The number of thioether (sulfide) groups is 1. The molecule has 0 aliphatic carbocycles. The summed E-state index contributed by atoms with van der Waals surface area (Å²) in [6.45, 7) is 0.316. The number of nitrogens with one attached hydrogen (secondary N) is 1. The lowest BCUT2D eigenvalue weighted by Crippen LogP contribution is -2.24. The predicted molar refractivity (Wildman–Crippen MR) is 82.4 cm³/mol. The average molecular weight is 370 g/mol. The third-order valence-electron chi connectivity index (χ3n) is 2.57. The third kappa shape index (κ3) is 4.64. The number of halogens is 1. The minimum Gasteiger partial charge on any atom is -0.478 e. The van der Waals surface area contributed by atoms with E-state index in [-0.39, 0.29) is 17.2 Å². The van der Waals surface area contributed by atoms with Crippen LogP contribution in [0, 0.1) is 0 Å². The van der Waals surface area contributed by atoms with Gasteiger partial charge in [0.2, 0.25) is 5.91 Å². The fourth-order valence-corrected chi connectivity index (χ4v) is 3.01. The van der Waals surface area contributed by atoms with Crippen molar-refractivity contribution in [2.75, 3.05) is 5.75 Å². The number of amides is 1. The molecule has 1 heterocycles. The zero-order valence-electron chi connectivity index (χ0n) is 10.8. The molecule has 7 heteroatoms. The highest BCUT2D eigenvalue weighted by Gasteiger charge is 2.12. The Hall–Kier alpha value is -1.73. The van der Waals surface area contributed by atoms with Gasteiger partial charge in [0.15, 0.2) is 0 Å². The van der Waals surface area contributed by atoms with Crippen LogP contribution in [0.25, 0.3) is 0 Å². The van der Waals surface area contributed by atoms with E-state index in [1.54, 1.807) is 24.3 Å². The molecule has 5 nitrogen and oxygen atoms in total. The largest absolute Gasteiger partial charge is 0.478 e. The predicted octanol–water partition coefficient (Wildman–Crippen LogP) is 3.15. The van der Waals surface area contributed by atoms with Crippen molar-refractivity contribution in [3.8, 4) is 0 Å². The van der Waals surface area contributed by atoms with E-state index in [4.69, 9.17) is 9.52 Å². The topological polar surface area (TPSA) is 79.5 Å². The molecular weight excluding hydrogens is 358 g/mol. The Labute approximate surface area is 133 Å². The van der Waals surface area contributed by atoms with Crippen molar-refractivity contribution in [2.24, 2.45) is 0 Å². The Kier molecular flexibility index (Phi) is 5.46. The second kappa shape index (κ2) is 7.33. The highest BCUT2D eigenvalue weighted by Crippen LogP contribution is 2.26. The van der Waals surface area contributed by atoms with Gasteiger partial charge in [-0.3, -0.25) is 4.79 Å². The number of carboxylic acid groups (broad SMARTS) is 1. The molecule has 0 fully saturated rings. The normalized spacial score (nSPS) is 10.3. The van der Waals surface area contributed by atoms with Gasteiger partial charge in [-0.05, 0) is 30.3 Å². The summed E-state index contributed by atoms with van der Waals surface area (Å²) in [6.07, 6.45) is 1.54. The monoisotopic (exact) mass is 369 g/mol. The molecule has 1 aromatic carbocycles. The summed E-state index contributed by atoms with van der Waals surface area (Å²) < 4.78 is 5.88. The molecular formula is C14H12BrNO4S. The molecule has 2 N–H and O–H groups in total. The maximum atomic E-state index is 11.7. The molecule has 1 amide bonds. The summed E-state index contributed by atoms with van der Waals surface area (Å²) >= 11 is 4.47. The smallest absolute Gasteiger partial charge is 0.336 e. The van der Waals surface area contributed by atoms with Crippen molar-refractivity contribution in [1.29, 1.82) is 0 Å². The highest BCUT2D eigenvalue weighted by atomic mass is 79.9. The number of benzene rings is 1. The summed E-state index contributed by atoms with van der Waals surface area (Å²) in [7, 11) is 0. The zero-order valence-corrected chi connectivity index (χ0v) is 13.2. The lowest BCUT2D eigenvalue weighted by molar-refractivity contribution is -0.118. The maximum absolute atomic E-state index is 11.7. The molecule has 0 aliphatic rings. The van der Waals surface area contributed by atoms with Gasteiger partial charge in [-0.25, -0.2) is 4.79 Å². The molecule has 110 valence electrons. The van der Waals surface area contributed by atoms with E-state index in [0.717, 1.165) is 4.47 Å². The lowest BCUT2D eigenvalue weighted by atomic mass is 10.2. The van der Waals surface area contributed by atoms with Crippen LogP contribution >= 0.6 is 27.7 Å². The first-order valence-corrected chi connectivity index (χ1v) is 7.79. The van der Waals surface area contributed by atoms with Crippen LogP contribution in [0.5, 0.6) is 0 Å². The standard InChI is InChI=1S/C14H12BrNO4S/c15-9-3-4-11(14(18)19)12(6-9)21-8-13(17)16-7-10-2-1-5-20-10/h1-6H,7-8H2,(H,16,17)(H,18,19). The third-order valence-corrected chi connectivity index (χ3v) is 4.12. The zero-order chi connectivity index (χ0) is 15.2. The fraction of sp³-hybridized carbons (Fsp3) is 0.143. The van der Waals surface area contributed by atoms with Gasteiger partial charge in [-0.15, -0.1) is 11.8 Å². The Morgan fingerprint density at radius 3 is 2.81 bits per heavy atom. The van der Waals surface area contributed by atoms with Crippen LogP contribution in [0.2, 0.25) is 0 Å². The van der Waals surface area contributed by atoms with Gasteiger partial charge >= 0.3 is 5.97 Å². The van der Waals surface area contributed by atoms with Crippen LogP contribution in [0.1, 0.15) is 16.1 Å². The van der Waals surface area contributed by atoms with Crippen LogP contribution in [0.4, 0.5) is 0 Å². The van der Waals surface area contributed by atoms with Gasteiger partial charge in [-0.2, -0.15) is 0 Å². The summed E-state index contributed by atoms with van der Waals surface area (Å²) in [5.41, 5.74) is 0.182. The number of aromatic carboxylic acids is 1. The van der Waals surface area contributed by atoms with Crippen molar-refractivity contribution < 1.29 is 19.1 Å². The van der Waals surface area contributed by atoms with Gasteiger partial charge in [0.05, 0.1) is 24.1 Å². The minimum absolute atomic E-state index is 0.136. The van der Waals surface area contributed by atoms with Gasteiger partial charge in [0.25, 0.3) is 0 Å². The van der Waals surface area contributed by atoms with Gasteiger partial charge in [0, 0.05) is 9.37 Å². The van der Waals surface area contributed by atoms with Crippen LogP contribution in [0.15, 0.2) is 50.4 Å². The van der Waals surface area contributed by atoms with Gasteiger partial charge < -0.3 is 14.8 Å². The summed E-state index contributed by atoms with van der Waals surface area (Å²) in [5, 5.41) is 11.8. The number of furan rings is 1. The molecule has 0 spiro atoms. The Balaban J connectivity index is 1.91. The molecule has 21 heavy (non-hydrogen) atoms. The van der Waals surface area contributed by atoms with Crippen molar-refractivity contribution in [2.45, 2.75) is 11.4 Å². The van der Waals surface area contributed by atoms with Crippen molar-refractivity contribution in [3.05, 3.63) is 52.4 Å². The number of hydrogen-bond donors (Lipinski definition) is 2. The van der Waals surface area contributed by atoms with E-state index in [0.29, 0.717) is 17.2 Å². The fourth-order valence-electron chi connectivity index (χ4n) is 1.59. The molecule has 0 bridgehead atoms. The van der Waals surface area contributed by atoms with Crippen LogP contribution < -0.4 is 5.32 Å². The van der Waals surface area contributed by atoms with Gasteiger partial charge in [0.1, 0.15) is 5.76 Å². The number of carbonyl (C=O) groups excluding carboxylic acids is 1. The first-order valence-electron chi connectivity index (χ1n) is 6.01. The Morgan fingerprint density at radius 2 is 2.14 bits per heavy atom. The molecule has 0 radical (unpaired) electrons. The number of rotatable bonds is 6. The first-order chi connectivity index (χ1) is 10.1. The molecule has 0 atom stereocenters. The van der Waals surface area contributed by atoms with Crippen molar-refractivity contribution >= 4 is 39.6 Å². The quantitative estimate of drug-likeness (QED) is 0.764. The molecule has 0 unspecified atom stereocenters. The van der Waals surface area contributed by atoms with Crippen LogP contribution in [-0.4, -0.2) is 22.7 Å². The van der Waals surface area contributed by atoms with Crippen molar-refractivity contribution in [1.82, 2.24) is 5.32 Å². The Bertz CT molecular complexity index is 642. The number of hydrogen-bond acceptors (Lipinski definition) is 4. The molecule has 2 aromatic rings. The van der Waals surface area contributed by atoms with Crippen LogP contribution in [-0.2, 0) is 11.3 Å². The van der Waals surface area contributed by atoms with E-state index in [2.05, 4.69) is 21.2 Å². The van der Waals surface area contributed by atoms with E-state index in [9.17, 15) is 9.59 Å². The van der Waals surface area contributed by atoms with Gasteiger partial charge in [-0.1, -0.05) is 15.9 Å². The summed E-state index contributed by atoms with van der Waals surface area (Å²) in [4.78, 5) is 23.4. The van der Waals surface area contributed by atoms with E-state index in [1.807, 2.05) is 0 Å². The van der Waals surface area contributed by atoms with E-state index >= 15 is 0 Å². The average Bonchev–Trinajstić information content (AvgIpc) is 2.96. The van der Waals surface area contributed by atoms with E-state index in [1.165, 1.54) is 24.1 Å². The summed E-state index contributed by atoms with van der Waals surface area (Å²) in [5.74, 6) is -0.395. The second-order valence-corrected chi connectivity index (χ2v) is 6.02. The molecule has 0 aliphatic heterocycles. The maximum Gasteiger partial charge on any atom is 0.336 e. The minimum atomic E-state index is -1.01. The lowest BCUT2D eigenvalue weighted by Gasteiger charge is -2.07.